The van der Waals surface area contributed by atoms with Crippen LogP contribution >= 0.6 is 46.6 Å². The van der Waals surface area contributed by atoms with Gasteiger partial charge in [-0.2, -0.15) is 4.99 Å². The third-order valence-corrected chi connectivity index (χ3v) is 5.68. The van der Waals surface area contributed by atoms with Crippen molar-refractivity contribution >= 4 is 80.3 Å². The van der Waals surface area contributed by atoms with E-state index in [1.54, 1.807) is 36.5 Å². The Morgan fingerprint density at radius 3 is 2.56 bits per heavy atom. The first-order valence-corrected chi connectivity index (χ1v) is 9.74. The summed E-state index contributed by atoms with van der Waals surface area (Å²) in [5.74, 6) is -0.354. The molecule has 2 aromatic carbocycles. The summed E-state index contributed by atoms with van der Waals surface area (Å²) in [4.78, 5) is 21.0. The van der Waals surface area contributed by atoms with Crippen LogP contribution in [0, 0.1) is 0 Å². The summed E-state index contributed by atoms with van der Waals surface area (Å²) in [5.41, 5.74) is 2.03. The van der Waals surface area contributed by atoms with Gasteiger partial charge in [-0.25, -0.2) is 0 Å². The van der Waals surface area contributed by atoms with E-state index in [1.165, 1.54) is 11.8 Å². The van der Waals surface area contributed by atoms with Crippen molar-refractivity contribution in [3.8, 4) is 0 Å². The second-order valence-electron chi connectivity index (χ2n) is 5.62. The third-order valence-electron chi connectivity index (χ3n) is 3.82. The molecule has 0 aliphatic carbocycles. The van der Waals surface area contributed by atoms with Gasteiger partial charge in [0.2, 0.25) is 0 Å². The largest absolute Gasteiger partial charge is 0.332 e. The number of aliphatic imine (C=N–C) groups is 1. The van der Waals surface area contributed by atoms with Gasteiger partial charge in [-0.05, 0) is 53.7 Å². The van der Waals surface area contributed by atoms with Crippen LogP contribution in [0.25, 0.3) is 17.0 Å². The van der Waals surface area contributed by atoms with Crippen molar-refractivity contribution < 1.29 is 4.79 Å². The minimum atomic E-state index is -0.354. The average molecular weight is 435 g/mol. The summed E-state index contributed by atoms with van der Waals surface area (Å²) >= 11 is 19.8. The molecule has 0 bridgehead atoms. The molecule has 4 rings (SSSR count). The van der Waals surface area contributed by atoms with E-state index in [-0.39, 0.29) is 5.91 Å². The van der Waals surface area contributed by atoms with Crippen molar-refractivity contribution in [3.05, 3.63) is 74.2 Å². The Morgan fingerprint density at radius 1 is 1.00 bits per heavy atom. The number of nitrogens with zero attached hydrogens (tertiary/aromatic N) is 2. The average Bonchev–Trinajstić information content (AvgIpc) is 2.98. The molecule has 1 amide bonds. The standard InChI is InChI=1S/C19H10Cl3N3OS/c20-12-4-1-5-13(21)17(12)24-19-25-18(26)16(27-19)8-11-7-10-3-2-6-23-15(10)9-14(11)22/h1-9H,(H,24,25,26). The van der Waals surface area contributed by atoms with E-state index in [1.807, 2.05) is 18.2 Å². The van der Waals surface area contributed by atoms with Crippen LogP contribution in [0.15, 0.2) is 58.6 Å². The maximum absolute atomic E-state index is 12.3. The van der Waals surface area contributed by atoms with Gasteiger partial charge < -0.3 is 5.32 Å². The number of pyridine rings is 1. The molecule has 3 aromatic rings. The molecule has 0 atom stereocenters. The highest BCUT2D eigenvalue weighted by Gasteiger charge is 2.23. The number of carbonyl (C=O) groups excluding carboxylic acids is 1. The fraction of sp³-hybridized carbons (Fsp3) is 0. The van der Waals surface area contributed by atoms with E-state index in [2.05, 4.69) is 15.3 Å². The molecular weight excluding hydrogens is 425 g/mol. The molecule has 0 unspecified atom stereocenters. The number of carbonyl (C=O) groups is 1. The number of nitrogens with one attached hydrogen (secondary N) is 1. The van der Waals surface area contributed by atoms with Gasteiger partial charge >= 0.3 is 0 Å². The van der Waals surface area contributed by atoms with Crippen LogP contribution in [0.1, 0.15) is 5.56 Å². The lowest BCUT2D eigenvalue weighted by Gasteiger charge is -2.08. The van der Waals surface area contributed by atoms with Crippen LogP contribution in [0.4, 0.5) is 5.69 Å². The highest BCUT2D eigenvalue weighted by Crippen LogP contribution is 2.35. The van der Waals surface area contributed by atoms with Crippen molar-refractivity contribution in [2.45, 2.75) is 0 Å². The zero-order valence-corrected chi connectivity index (χ0v) is 16.6. The number of hydrogen-bond acceptors (Lipinski definition) is 4. The number of anilines is 1. The van der Waals surface area contributed by atoms with Gasteiger partial charge in [0.15, 0.2) is 5.17 Å². The predicted octanol–water partition coefficient (Wildman–Crippen LogP) is 6.28. The zero-order chi connectivity index (χ0) is 19.0. The van der Waals surface area contributed by atoms with Crippen molar-refractivity contribution in [2.75, 3.05) is 5.32 Å². The van der Waals surface area contributed by atoms with E-state index in [0.29, 0.717) is 30.8 Å². The number of amides is 1. The highest BCUT2D eigenvalue weighted by atomic mass is 35.5. The molecule has 1 aliphatic heterocycles. The maximum Gasteiger partial charge on any atom is 0.286 e. The summed E-state index contributed by atoms with van der Waals surface area (Å²) in [5, 5.41) is 5.75. The quantitative estimate of drug-likeness (QED) is 0.482. The van der Waals surface area contributed by atoms with Crippen LogP contribution in [0.5, 0.6) is 0 Å². The summed E-state index contributed by atoms with van der Waals surface area (Å²) in [6.07, 6.45) is 3.42. The molecule has 0 saturated carbocycles. The van der Waals surface area contributed by atoms with Gasteiger partial charge in [-0.15, -0.1) is 0 Å². The maximum atomic E-state index is 12.3. The molecule has 27 heavy (non-hydrogen) atoms. The van der Waals surface area contributed by atoms with Crippen LogP contribution in [-0.4, -0.2) is 16.1 Å². The van der Waals surface area contributed by atoms with Crippen molar-refractivity contribution in [1.82, 2.24) is 4.98 Å². The van der Waals surface area contributed by atoms with Gasteiger partial charge in [0.1, 0.15) is 0 Å². The summed E-state index contributed by atoms with van der Waals surface area (Å²) in [6, 6.07) is 12.6. The molecule has 0 fully saturated rings. The summed E-state index contributed by atoms with van der Waals surface area (Å²) in [7, 11) is 0. The zero-order valence-electron chi connectivity index (χ0n) is 13.5. The SMILES string of the molecule is O=C1N=C(Nc2c(Cl)cccc2Cl)SC1=Cc1cc2cccnc2cc1Cl. The first kappa shape index (κ1) is 18.3. The van der Waals surface area contributed by atoms with Gasteiger partial charge in [0.05, 0.1) is 31.2 Å². The molecule has 0 radical (unpaired) electrons. The molecule has 8 heteroatoms. The first-order chi connectivity index (χ1) is 13.0. The third kappa shape index (κ3) is 3.82. The van der Waals surface area contributed by atoms with E-state index >= 15 is 0 Å². The van der Waals surface area contributed by atoms with Gasteiger partial charge in [-0.1, -0.05) is 46.9 Å². The van der Waals surface area contributed by atoms with E-state index in [9.17, 15) is 4.79 Å². The van der Waals surface area contributed by atoms with Crippen LogP contribution in [-0.2, 0) is 4.79 Å². The second-order valence-corrected chi connectivity index (χ2v) is 7.88. The fourth-order valence-electron chi connectivity index (χ4n) is 2.55. The van der Waals surface area contributed by atoms with Crippen LogP contribution < -0.4 is 5.32 Å². The van der Waals surface area contributed by atoms with Crippen molar-refractivity contribution in [3.63, 3.8) is 0 Å². The molecule has 134 valence electrons. The Kier molecular flexibility index (Phi) is 5.10. The number of fused-ring (bicyclic) bond motifs is 1. The summed E-state index contributed by atoms with van der Waals surface area (Å²) in [6.45, 7) is 0. The van der Waals surface area contributed by atoms with Gasteiger partial charge in [0.25, 0.3) is 5.91 Å². The smallest absolute Gasteiger partial charge is 0.286 e. The minimum absolute atomic E-state index is 0.354. The molecule has 0 spiro atoms. The summed E-state index contributed by atoms with van der Waals surface area (Å²) < 4.78 is 0. The Bertz CT molecular complexity index is 1120. The van der Waals surface area contributed by atoms with E-state index in [4.69, 9.17) is 34.8 Å². The highest BCUT2D eigenvalue weighted by molar-refractivity contribution is 8.18. The second kappa shape index (κ2) is 7.52. The first-order valence-electron chi connectivity index (χ1n) is 7.79. The Morgan fingerprint density at radius 2 is 1.78 bits per heavy atom. The molecule has 1 aromatic heterocycles. The molecule has 0 saturated heterocycles. The van der Waals surface area contributed by atoms with Gasteiger partial charge in [-0.3, -0.25) is 9.78 Å². The normalized spacial score (nSPS) is 15.4. The number of amidine groups is 1. The van der Waals surface area contributed by atoms with E-state index < -0.39 is 0 Å². The molecular formula is C19H10Cl3N3OS. The molecule has 2 heterocycles. The molecule has 1 aliphatic rings. The van der Waals surface area contributed by atoms with Gasteiger partial charge in [0, 0.05) is 11.6 Å². The van der Waals surface area contributed by atoms with E-state index in [0.717, 1.165) is 16.5 Å². The lowest BCUT2D eigenvalue weighted by atomic mass is 10.1. The number of para-hydroxylation sites is 1. The molecule has 1 N–H and O–H groups in total. The Hall–Kier alpha value is -2.05. The monoisotopic (exact) mass is 433 g/mol. The number of rotatable bonds is 2. The van der Waals surface area contributed by atoms with Crippen LogP contribution in [0.3, 0.4) is 0 Å². The number of aromatic nitrogens is 1. The van der Waals surface area contributed by atoms with Crippen molar-refractivity contribution in [1.29, 1.82) is 0 Å². The predicted molar refractivity (Wildman–Crippen MR) is 115 cm³/mol. The topological polar surface area (TPSA) is 54.4 Å². The number of benzene rings is 2. The van der Waals surface area contributed by atoms with Crippen LogP contribution in [0.2, 0.25) is 15.1 Å². The molecule has 4 nitrogen and oxygen atoms in total. The van der Waals surface area contributed by atoms with Crippen molar-refractivity contribution in [2.24, 2.45) is 4.99 Å². The minimum Gasteiger partial charge on any atom is -0.332 e. The lowest BCUT2D eigenvalue weighted by Crippen LogP contribution is -2.05. The fourth-order valence-corrected chi connectivity index (χ4v) is 4.06. The Balaban J connectivity index is 1.62. The number of thioether (sulfide) groups is 1. The Labute approximate surface area is 174 Å². The number of halogens is 3. The lowest BCUT2D eigenvalue weighted by molar-refractivity contribution is -0.113. The number of hydrogen-bond donors (Lipinski definition) is 1.